The van der Waals surface area contributed by atoms with Gasteiger partial charge < -0.3 is 0 Å². The molecule has 2 heterocycles. The van der Waals surface area contributed by atoms with E-state index in [1.54, 1.807) is 12.4 Å². The molecule has 6 heteroatoms. The molecular formula is C9H13N3O2S. The summed E-state index contributed by atoms with van der Waals surface area (Å²) in [5, 5.41) is 0. The molecule has 0 aliphatic carbocycles. The van der Waals surface area contributed by atoms with Crippen molar-refractivity contribution in [3.05, 3.63) is 30.1 Å². The first-order valence-corrected chi connectivity index (χ1v) is 6.26. The van der Waals surface area contributed by atoms with Crippen LogP contribution < -0.4 is 4.72 Å². The maximum Gasteiger partial charge on any atom is 0.279 e. The Balaban J connectivity index is 1.80. The third-order valence-corrected chi connectivity index (χ3v) is 3.81. The average molecular weight is 227 g/mol. The zero-order valence-electron chi connectivity index (χ0n) is 8.26. The number of nitrogens with zero attached hydrogens (tertiary/aromatic N) is 2. The molecule has 0 amide bonds. The Hall–Kier alpha value is -0.980. The summed E-state index contributed by atoms with van der Waals surface area (Å²) in [6.45, 7) is 1.72. The molecule has 1 aromatic rings. The van der Waals surface area contributed by atoms with Gasteiger partial charge in [-0.25, -0.2) is 4.72 Å². The molecule has 1 aliphatic heterocycles. The van der Waals surface area contributed by atoms with E-state index in [0.717, 1.165) is 5.56 Å². The number of hydrogen-bond acceptors (Lipinski definition) is 3. The lowest BCUT2D eigenvalue weighted by Gasteiger charge is -2.05. The van der Waals surface area contributed by atoms with Crippen molar-refractivity contribution in [1.82, 2.24) is 14.0 Å². The Morgan fingerprint density at radius 1 is 1.33 bits per heavy atom. The highest BCUT2D eigenvalue weighted by Gasteiger charge is 2.30. The van der Waals surface area contributed by atoms with Crippen LogP contribution in [-0.2, 0) is 16.6 Å². The van der Waals surface area contributed by atoms with Crippen molar-refractivity contribution >= 4 is 10.2 Å². The Bertz CT molecular complexity index is 414. The fraction of sp³-hybridized carbons (Fsp3) is 0.444. The lowest BCUT2D eigenvalue weighted by atomic mass is 10.2. The maximum absolute atomic E-state index is 11.4. The van der Waals surface area contributed by atoms with Crippen molar-refractivity contribution in [1.29, 1.82) is 0 Å². The molecule has 1 saturated heterocycles. The molecule has 0 radical (unpaired) electrons. The second kappa shape index (κ2) is 4.26. The van der Waals surface area contributed by atoms with Gasteiger partial charge in [-0.15, -0.1) is 0 Å². The Morgan fingerprint density at radius 3 is 2.60 bits per heavy atom. The summed E-state index contributed by atoms with van der Waals surface area (Å²) in [5.74, 6) is 0. The second-order valence-corrected chi connectivity index (χ2v) is 5.16. The predicted octanol–water partition coefficient (Wildman–Crippen LogP) is -0.226. The predicted molar refractivity (Wildman–Crippen MR) is 56.4 cm³/mol. The molecule has 1 aliphatic rings. The summed E-state index contributed by atoms with van der Waals surface area (Å²) in [4.78, 5) is 3.89. The van der Waals surface area contributed by atoms with Gasteiger partial charge in [0.2, 0.25) is 0 Å². The van der Waals surface area contributed by atoms with Crippen LogP contribution in [0.2, 0.25) is 0 Å². The normalized spacial score (nSPS) is 16.5. The van der Waals surface area contributed by atoms with E-state index in [-0.39, 0.29) is 0 Å². The molecule has 0 bridgehead atoms. The number of nitrogens with one attached hydrogen (secondary N) is 1. The van der Waals surface area contributed by atoms with E-state index in [2.05, 4.69) is 9.71 Å². The fourth-order valence-electron chi connectivity index (χ4n) is 1.25. The second-order valence-electron chi connectivity index (χ2n) is 3.40. The molecule has 82 valence electrons. The first kappa shape index (κ1) is 10.5. The smallest absolute Gasteiger partial charge is 0.265 e. The Morgan fingerprint density at radius 2 is 2.00 bits per heavy atom. The highest BCUT2D eigenvalue weighted by molar-refractivity contribution is 7.87. The summed E-state index contributed by atoms with van der Waals surface area (Å²) in [6.07, 6.45) is 4.10. The molecular weight excluding hydrogens is 214 g/mol. The van der Waals surface area contributed by atoms with Crippen molar-refractivity contribution in [2.75, 3.05) is 19.6 Å². The van der Waals surface area contributed by atoms with Crippen LogP contribution in [-0.4, -0.2) is 37.3 Å². The van der Waals surface area contributed by atoms with E-state index in [1.807, 2.05) is 12.1 Å². The first-order valence-electron chi connectivity index (χ1n) is 4.82. The van der Waals surface area contributed by atoms with Crippen molar-refractivity contribution in [3.63, 3.8) is 0 Å². The number of aromatic nitrogens is 1. The van der Waals surface area contributed by atoms with Crippen LogP contribution in [0.1, 0.15) is 5.56 Å². The van der Waals surface area contributed by atoms with Gasteiger partial charge in [0.05, 0.1) is 0 Å². The van der Waals surface area contributed by atoms with Crippen LogP contribution >= 0.6 is 0 Å². The fourth-order valence-corrected chi connectivity index (χ4v) is 2.35. The van der Waals surface area contributed by atoms with Crippen LogP contribution in [0.3, 0.4) is 0 Å². The molecule has 0 aromatic carbocycles. The molecule has 0 spiro atoms. The number of pyridine rings is 1. The Labute approximate surface area is 89.3 Å². The van der Waals surface area contributed by atoms with E-state index in [9.17, 15) is 8.42 Å². The van der Waals surface area contributed by atoms with Crippen LogP contribution in [0, 0.1) is 0 Å². The van der Waals surface area contributed by atoms with Gasteiger partial charge in [0, 0.05) is 32.0 Å². The molecule has 0 unspecified atom stereocenters. The van der Waals surface area contributed by atoms with Gasteiger partial charge >= 0.3 is 0 Å². The first-order chi connectivity index (χ1) is 7.18. The van der Waals surface area contributed by atoms with Crippen molar-refractivity contribution in [2.24, 2.45) is 0 Å². The van der Waals surface area contributed by atoms with Gasteiger partial charge in [-0.1, -0.05) is 0 Å². The monoisotopic (exact) mass is 227 g/mol. The van der Waals surface area contributed by atoms with Crippen molar-refractivity contribution < 1.29 is 8.42 Å². The summed E-state index contributed by atoms with van der Waals surface area (Å²) < 4.78 is 26.7. The largest absolute Gasteiger partial charge is 0.279 e. The molecule has 15 heavy (non-hydrogen) atoms. The number of rotatable bonds is 5. The SMILES string of the molecule is O=S(=O)(NCCc1ccncc1)N1CC1. The summed E-state index contributed by atoms with van der Waals surface area (Å²) in [6, 6.07) is 3.76. The minimum atomic E-state index is -3.19. The van der Waals surface area contributed by atoms with Gasteiger partial charge in [-0.3, -0.25) is 4.98 Å². The van der Waals surface area contributed by atoms with E-state index < -0.39 is 10.2 Å². The summed E-state index contributed by atoms with van der Waals surface area (Å²) >= 11 is 0. The lowest BCUT2D eigenvalue weighted by Crippen LogP contribution is -2.31. The molecule has 2 rings (SSSR count). The maximum atomic E-state index is 11.4. The quantitative estimate of drug-likeness (QED) is 0.707. The van der Waals surface area contributed by atoms with Gasteiger partial charge in [0.1, 0.15) is 0 Å². The van der Waals surface area contributed by atoms with Crippen LogP contribution in [0.5, 0.6) is 0 Å². The van der Waals surface area contributed by atoms with Crippen LogP contribution in [0.15, 0.2) is 24.5 Å². The van der Waals surface area contributed by atoms with E-state index in [1.165, 1.54) is 4.31 Å². The minimum absolute atomic E-state index is 0.433. The van der Waals surface area contributed by atoms with Crippen LogP contribution in [0.4, 0.5) is 0 Å². The van der Waals surface area contributed by atoms with Gasteiger partial charge in [0.25, 0.3) is 10.2 Å². The van der Waals surface area contributed by atoms with Crippen molar-refractivity contribution in [2.45, 2.75) is 6.42 Å². The van der Waals surface area contributed by atoms with E-state index >= 15 is 0 Å². The third-order valence-electron chi connectivity index (χ3n) is 2.19. The molecule has 5 nitrogen and oxygen atoms in total. The van der Waals surface area contributed by atoms with Gasteiger partial charge in [0.15, 0.2) is 0 Å². The molecule has 0 saturated carbocycles. The summed E-state index contributed by atoms with van der Waals surface area (Å²) in [7, 11) is -3.19. The van der Waals surface area contributed by atoms with E-state index in [0.29, 0.717) is 26.1 Å². The third kappa shape index (κ3) is 2.98. The molecule has 1 N–H and O–H groups in total. The minimum Gasteiger partial charge on any atom is -0.265 e. The zero-order valence-corrected chi connectivity index (χ0v) is 9.07. The summed E-state index contributed by atoms with van der Waals surface area (Å²) in [5.41, 5.74) is 1.08. The topological polar surface area (TPSA) is 62.1 Å². The van der Waals surface area contributed by atoms with Crippen LogP contribution in [0.25, 0.3) is 0 Å². The highest BCUT2D eigenvalue weighted by atomic mass is 32.2. The highest BCUT2D eigenvalue weighted by Crippen LogP contribution is 2.09. The Kier molecular flexibility index (Phi) is 2.99. The van der Waals surface area contributed by atoms with E-state index in [4.69, 9.17) is 0 Å². The molecule has 1 fully saturated rings. The zero-order chi connectivity index (χ0) is 10.7. The molecule has 1 aromatic heterocycles. The lowest BCUT2D eigenvalue weighted by molar-refractivity contribution is 0.547. The number of hydrogen-bond donors (Lipinski definition) is 1. The molecule has 0 atom stereocenters. The van der Waals surface area contributed by atoms with Gasteiger partial charge in [-0.05, 0) is 24.1 Å². The van der Waals surface area contributed by atoms with Gasteiger partial charge in [-0.2, -0.15) is 12.7 Å². The van der Waals surface area contributed by atoms with Crippen molar-refractivity contribution in [3.8, 4) is 0 Å². The standard InChI is InChI=1S/C9H13N3O2S/c13-15(14,12-7-8-12)11-6-3-9-1-4-10-5-2-9/h1-2,4-5,11H,3,6-8H2. The average Bonchev–Trinajstić information content (AvgIpc) is 3.02.